The molecule has 0 unspecified atom stereocenters. The van der Waals surface area contributed by atoms with Gasteiger partial charge in [0.25, 0.3) is 0 Å². The first kappa shape index (κ1) is 11.2. The highest BCUT2D eigenvalue weighted by Crippen LogP contribution is 2.29. The van der Waals surface area contributed by atoms with Crippen molar-refractivity contribution >= 4 is 29.6 Å². The highest BCUT2D eigenvalue weighted by Gasteiger charge is 2.08. The molecule has 0 saturated carbocycles. The highest BCUT2D eigenvalue weighted by molar-refractivity contribution is 7.99. The third-order valence-corrected chi connectivity index (χ3v) is 3.33. The second-order valence-corrected chi connectivity index (χ2v) is 4.51. The molecule has 2 rings (SSSR count). The molecule has 82 valence electrons. The molecule has 1 aromatic carbocycles. The summed E-state index contributed by atoms with van der Waals surface area (Å²) in [7, 11) is 1.79. The summed E-state index contributed by atoms with van der Waals surface area (Å²) in [5, 5.41) is 5.26. The first-order valence-corrected chi connectivity index (χ1v) is 5.66. The molecule has 0 spiro atoms. The van der Waals surface area contributed by atoms with Gasteiger partial charge < -0.3 is 0 Å². The van der Waals surface area contributed by atoms with E-state index in [0.717, 1.165) is 11.2 Å². The van der Waals surface area contributed by atoms with Gasteiger partial charge in [-0.25, -0.2) is 9.67 Å². The number of aldehydes is 1. The van der Waals surface area contributed by atoms with Crippen LogP contribution in [0.1, 0.15) is 10.4 Å². The van der Waals surface area contributed by atoms with E-state index in [4.69, 9.17) is 11.6 Å². The summed E-state index contributed by atoms with van der Waals surface area (Å²) in [6, 6.07) is 5.12. The van der Waals surface area contributed by atoms with Gasteiger partial charge in [0.15, 0.2) is 11.4 Å². The lowest BCUT2D eigenvalue weighted by atomic mass is 10.2. The molecule has 0 atom stereocenters. The molecule has 0 amide bonds. The van der Waals surface area contributed by atoms with Crippen LogP contribution in [-0.4, -0.2) is 21.1 Å². The Kier molecular flexibility index (Phi) is 3.26. The highest BCUT2D eigenvalue weighted by atomic mass is 35.5. The van der Waals surface area contributed by atoms with E-state index in [-0.39, 0.29) is 0 Å². The lowest BCUT2D eigenvalue weighted by molar-refractivity contribution is 0.112. The van der Waals surface area contributed by atoms with Gasteiger partial charge in [0.05, 0.1) is 0 Å². The van der Waals surface area contributed by atoms with E-state index in [1.165, 1.54) is 18.1 Å². The van der Waals surface area contributed by atoms with Crippen molar-refractivity contribution in [2.45, 2.75) is 10.1 Å². The molecular formula is C10H8ClN3OS. The van der Waals surface area contributed by atoms with Crippen molar-refractivity contribution in [3.8, 4) is 0 Å². The SMILES string of the molecule is Cn1ncnc1Sc1cc(Cl)ccc1C=O. The van der Waals surface area contributed by atoms with E-state index < -0.39 is 0 Å². The van der Waals surface area contributed by atoms with Gasteiger partial charge in [-0.05, 0) is 30.0 Å². The van der Waals surface area contributed by atoms with Crippen LogP contribution in [0.25, 0.3) is 0 Å². The number of hydrogen-bond donors (Lipinski definition) is 0. The van der Waals surface area contributed by atoms with Crippen molar-refractivity contribution < 1.29 is 4.79 Å². The number of carbonyl (C=O) groups excluding carboxylic acids is 1. The Labute approximate surface area is 102 Å². The molecule has 0 saturated heterocycles. The van der Waals surface area contributed by atoms with E-state index in [1.807, 2.05) is 0 Å². The van der Waals surface area contributed by atoms with E-state index in [2.05, 4.69) is 10.1 Å². The van der Waals surface area contributed by atoms with Crippen molar-refractivity contribution in [1.29, 1.82) is 0 Å². The maximum Gasteiger partial charge on any atom is 0.190 e. The maximum absolute atomic E-state index is 10.9. The maximum atomic E-state index is 10.9. The molecule has 0 aliphatic heterocycles. The fourth-order valence-electron chi connectivity index (χ4n) is 1.17. The van der Waals surface area contributed by atoms with E-state index in [9.17, 15) is 4.79 Å². The van der Waals surface area contributed by atoms with Gasteiger partial charge in [0, 0.05) is 22.5 Å². The zero-order chi connectivity index (χ0) is 11.5. The van der Waals surface area contributed by atoms with Crippen LogP contribution in [0.4, 0.5) is 0 Å². The minimum absolute atomic E-state index is 0.593. The van der Waals surface area contributed by atoms with E-state index >= 15 is 0 Å². The normalized spacial score (nSPS) is 10.4. The van der Waals surface area contributed by atoms with Crippen LogP contribution < -0.4 is 0 Å². The minimum Gasteiger partial charge on any atom is -0.298 e. The molecular weight excluding hydrogens is 246 g/mol. The molecule has 0 aliphatic rings. The Balaban J connectivity index is 2.37. The molecule has 1 aromatic heterocycles. The molecule has 6 heteroatoms. The number of hydrogen-bond acceptors (Lipinski definition) is 4. The van der Waals surface area contributed by atoms with Crippen LogP contribution in [0.2, 0.25) is 5.02 Å². The smallest absolute Gasteiger partial charge is 0.190 e. The zero-order valence-electron chi connectivity index (χ0n) is 8.42. The molecule has 0 N–H and O–H groups in total. The van der Waals surface area contributed by atoms with Crippen LogP contribution in [0.5, 0.6) is 0 Å². The molecule has 0 fully saturated rings. The lowest BCUT2D eigenvalue weighted by Gasteiger charge is -2.03. The monoisotopic (exact) mass is 253 g/mol. The van der Waals surface area contributed by atoms with Crippen molar-refractivity contribution in [1.82, 2.24) is 14.8 Å². The summed E-state index contributed by atoms with van der Waals surface area (Å²) >= 11 is 7.24. The third kappa shape index (κ3) is 2.25. The second kappa shape index (κ2) is 4.67. The molecule has 0 aliphatic carbocycles. The number of carbonyl (C=O) groups is 1. The average Bonchev–Trinajstić information content (AvgIpc) is 2.65. The van der Waals surface area contributed by atoms with Gasteiger partial charge in [-0.15, -0.1) is 0 Å². The number of rotatable bonds is 3. The van der Waals surface area contributed by atoms with Gasteiger partial charge in [0.1, 0.15) is 6.33 Å². The summed E-state index contributed by atoms with van der Waals surface area (Å²) in [5.74, 6) is 0. The Morgan fingerprint density at radius 1 is 1.50 bits per heavy atom. The molecule has 16 heavy (non-hydrogen) atoms. The Hall–Kier alpha value is -1.33. The van der Waals surface area contributed by atoms with Crippen LogP contribution in [0.3, 0.4) is 0 Å². The molecule has 4 nitrogen and oxygen atoms in total. The van der Waals surface area contributed by atoms with E-state index in [0.29, 0.717) is 15.7 Å². The number of aryl methyl sites for hydroxylation is 1. The summed E-state index contributed by atoms with van der Waals surface area (Å²) in [6.07, 6.45) is 2.27. The zero-order valence-corrected chi connectivity index (χ0v) is 10.00. The molecule has 2 aromatic rings. The number of aromatic nitrogens is 3. The minimum atomic E-state index is 0.593. The van der Waals surface area contributed by atoms with Crippen molar-refractivity contribution in [3.63, 3.8) is 0 Å². The van der Waals surface area contributed by atoms with Crippen LogP contribution in [0.15, 0.2) is 34.6 Å². The predicted molar refractivity (Wildman–Crippen MR) is 62.0 cm³/mol. The fourth-order valence-corrected chi connectivity index (χ4v) is 2.30. The number of benzene rings is 1. The predicted octanol–water partition coefficient (Wildman–Crippen LogP) is 2.43. The lowest BCUT2D eigenvalue weighted by Crippen LogP contribution is -1.93. The van der Waals surface area contributed by atoms with Crippen molar-refractivity contribution in [3.05, 3.63) is 35.1 Å². The van der Waals surface area contributed by atoms with E-state index in [1.54, 1.807) is 29.9 Å². The van der Waals surface area contributed by atoms with Crippen LogP contribution in [-0.2, 0) is 7.05 Å². The summed E-state index contributed by atoms with van der Waals surface area (Å²) in [5.41, 5.74) is 0.595. The summed E-state index contributed by atoms with van der Waals surface area (Å²) in [6.45, 7) is 0. The van der Waals surface area contributed by atoms with Crippen LogP contribution >= 0.6 is 23.4 Å². The van der Waals surface area contributed by atoms with Crippen molar-refractivity contribution in [2.75, 3.05) is 0 Å². The summed E-state index contributed by atoms with van der Waals surface area (Å²) in [4.78, 5) is 15.7. The second-order valence-electron chi connectivity index (χ2n) is 3.07. The summed E-state index contributed by atoms with van der Waals surface area (Å²) < 4.78 is 1.64. The van der Waals surface area contributed by atoms with Gasteiger partial charge in [-0.1, -0.05) is 11.6 Å². The van der Waals surface area contributed by atoms with Crippen molar-refractivity contribution in [2.24, 2.45) is 7.05 Å². The fraction of sp³-hybridized carbons (Fsp3) is 0.100. The standard InChI is InChI=1S/C10H8ClN3OS/c1-14-10(12-6-13-14)16-9-4-8(11)3-2-7(9)5-15/h2-6H,1H3. The first-order chi connectivity index (χ1) is 7.70. The quantitative estimate of drug-likeness (QED) is 0.789. The number of halogens is 1. The molecule has 0 bridgehead atoms. The van der Waals surface area contributed by atoms with Gasteiger partial charge in [-0.2, -0.15) is 5.10 Å². The first-order valence-electron chi connectivity index (χ1n) is 4.47. The average molecular weight is 254 g/mol. The Bertz CT molecular complexity index is 527. The van der Waals surface area contributed by atoms with Gasteiger partial charge in [-0.3, -0.25) is 4.79 Å². The molecule has 1 heterocycles. The topological polar surface area (TPSA) is 47.8 Å². The molecule has 0 radical (unpaired) electrons. The largest absolute Gasteiger partial charge is 0.298 e. The number of nitrogens with zero attached hydrogens (tertiary/aromatic N) is 3. The van der Waals surface area contributed by atoms with Gasteiger partial charge >= 0.3 is 0 Å². The Morgan fingerprint density at radius 3 is 2.94 bits per heavy atom. The van der Waals surface area contributed by atoms with Gasteiger partial charge in [0.2, 0.25) is 0 Å². The third-order valence-electron chi connectivity index (χ3n) is 1.97. The Morgan fingerprint density at radius 2 is 2.31 bits per heavy atom. The van der Waals surface area contributed by atoms with Crippen LogP contribution in [0, 0.1) is 0 Å².